The number of ketones is 1. The Bertz CT molecular complexity index is 1060. The van der Waals surface area contributed by atoms with E-state index in [9.17, 15) is 9.00 Å². The molecule has 1 atom stereocenters. The summed E-state index contributed by atoms with van der Waals surface area (Å²) in [5, 5.41) is 1.10. The number of aryl methyl sites for hydroxylation is 1. The number of pyridine rings is 1. The smallest absolute Gasteiger partial charge is 0.214 e. The number of hydrogen-bond acceptors (Lipinski definition) is 3. The minimum Gasteiger partial charge on any atom is -0.299 e. The van der Waals surface area contributed by atoms with Gasteiger partial charge in [0.15, 0.2) is 0 Å². The molecule has 2 aromatic carbocycles. The number of anilines is 1. The van der Waals surface area contributed by atoms with Crippen molar-refractivity contribution in [3.8, 4) is 0 Å². The van der Waals surface area contributed by atoms with Crippen LogP contribution in [0.4, 0.5) is 5.69 Å². The van der Waals surface area contributed by atoms with Crippen molar-refractivity contribution in [2.45, 2.75) is 11.8 Å². The number of benzene rings is 2. The molecular formula is C19H13Cl3N2O2S. The van der Waals surface area contributed by atoms with Gasteiger partial charge in [-0.3, -0.25) is 9.52 Å². The van der Waals surface area contributed by atoms with Crippen LogP contribution in [0.25, 0.3) is 0 Å². The number of nitrogens with one attached hydrogen (secondary N) is 1. The van der Waals surface area contributed by atoms with Gasteiger partial charge in [0.2, 0.25) is 5.78 Å². The number of aromatic nitrogens is 1. The van der Waals surface area contributed by atoms with Gasteiger partial charge in [0, 0.05) is 16.8 Å². The van der Waals surface area contributed by atoms with Crippen molar-refractivity contribution in [3.63, 3.8) is 0 Å². The maximum Gasteiger partial charge on any atom is 0.214 e. The molecule has 0 radical (unpaired) electrons. The van der Waals surface area contributed by atoms with Gasteiger partial charge in [-0.2, -0.15) is 0 Å². The highest BCUT2D eigenvalue weighted by Crippen LogP contribution is 2.26. The molecule has 0 fully saturated rings. The lowest BCUT2D eigenvalue weighted by Gasteiger charge is -2.12. The summed E-state index contributed by atoms with van der Waals surface area (Å²) < 4.78 is 15.5. The Morgan fingerprint density at radius 1 is 1.04 bits per heavy atom. The predicted molar refractivity (Wildman–Crippen MR) is 110 cm³/mol. The molecule has 3 aromatic rings. The molecule has 1 N–H and O–H groups in total. The second kappa shape index (κ2) is 8.40. The van der Waals surface area contributed by atoms with E-state index in [1.165, 1.54) is 12.3 Å². The van der Waals surface area contributed by atoms with Crippen LogP contribution in [0.2, 0.25) is 15.1 Å². The molecule has 1 aromatic heterocycles. The van der Waals surface area contributed by atoms with Gasteiger partial charge in [-0.25, -0.2) is 9.19 Å². The number of halogens is 3. The van der Waals surface area contributed by atoms with E-state index >= 15 is 0 Å². The van der Waals surface area contributed by atoms with Gasteiger partial charge in [0.05, 0.1) is 20.6 Å². The highest BCUT2D eigenvalue weighted by Gasteiger charge is 2.20. The number of carbonyl (C=O) groups excluding carboxylic acids is 1. The third-order valence-electron chi connectivity index (χ3n) is 3.75. The second-order valence-electron chi connectivity index (χ2n) is 5.64. The molecule has 0 aliphatic heterocycles. The first-order valence-corrected chi connectivity index (χ1v) is 10.0. The summed E-state index contributed by atoms with van der Waals surface area (Å²) in [4.78, 5) is 17.4. The number of rotatable bonds is 5. The summed E-state index contributed by atoms with van der Waals surface area (Å²) in [7, 11) is -1.67. The minimum atomic E-state index is -1.67. The number of nitrogens with zero attached hydrogens (tertiary/aromatic N) is 1. The predicted octanol–water partition coefficient (Wildman–Crippen LogP) is 5.72. The van der Waals surface area contributed by atoms with Crippen LogP contribution in [-0.2, 0) is 11.0 Å². The monoisotopic (exact) mass is 438 g/mol. The van der Waals surface area contributed by atoms with E-state index in [4.69, 9.17) is 34.8 Å². The first-order chi connectivity index (χ1) is 12.9. The quantitative estimate of drug-likeness (QED) is 0.518. The van der Waals surface area contributed by atoms with Crippen molar-refractivity contribution in [2.75, 3.05) is 4.72 Å². The second-order valence-corrected chi connectivity index (χ2v) is 8.10. The van der Waals surface area contributed by atoms with E-state index in [2.05, 4.69) is 9.71 Å². The Kier molecular flexibility index (Phi) is 6.17. The lowest BCUT2D eigenvalue weighted by atomic mass is 10.1. The zero-order chi connectivity index (χ0) is 19.6. The molecule has 27 heavy (non-hydrogen) atoms. The van der Waals surface area contributed by atoms with Gasteiger partial charge < -0.3 is 0 Å². The summed E-state index contributed by atoms with van der Waals surface area (Å²) in [6.07, 6.45) is 1.35. The van der Waals surface area contributed by atoms with Crippen molar-refractivity contribution in [2.24, 2.45) is 0 Å². The van der Waals surface area contributed by atoms with Gasteiger partial charge in [-0.1, -0.05) is 53.0 Å². The summed E-state index contributed by atoms with van der Waals surface area (Å²) in [6, 6.07) is 13.2. The van der Waals surface area contributed by atoms with Crippen LogP contribution >= 0.6 is 34.8 Å². The highest BCUT2D eigenvalue weighted by molar-refractivity contribution is 7.86. The van der Waals surface area contributed by atoms with Crippen LogP contribution in [0, 0.1) is 6.92 Å². The fourth-order valence-electron chi connectivity index (χ4n) is 2.32. The van der Waals surface area contributed by atoms with Crippen molar-refractivity contribution < 1.29 is 9.00 Å². The van der Waals surface area contributed by atoms with Crippen molar-refractivity contribution >= 4 is 57.3 Å². The fourth-order valence-corrected chi connectivity index (χ4v) is 3.83. The largest absolute Gasteiger partial charge is 0.299 e. The van der Waals surface area contributed by atoms with Gasteiger partial charge >= 0.3 is 0 Å². The van der Waals surface area contributed by atoms with Crippen molar-refractivity contribution in [1.29, 1.82) is 0 Å². The third-order valence-corrected chi connectivity index (χ3v) is 5.78. The van der Waals surface area contributed by atoms with Crippen LogP contribution in [0.15, 0.2) is 59.6 Å². The molecule has 0 saturated heterocycles. The van der Waals surface area contributed by atoms with E-state index in [0.29, 0.717) is 25.5 Å². The standard InChI is InChI=1S/C19H13Cl3N2O2S/c1-11-6-7-13(9-16(11)22)27(26)24-17-8-12(20)10-23-18(17)19(25)14-4-2-3-5-15(14)21/h2-10,24H,1H3. The maximum atomic E-state index is 12.9. The van der Waals surface area contributed by atoms with Gasteiger partial charge in [-0.05, 0) is 42.8 Å². The molecule has 0 saturated carbocycles. The number of carbonyl (C=O) groups is 1. The Labute approximate surface area is 174 Å². The average Bonchev–Trinajstić information content (AvgIpc) is 2.64. The Morgan fingerprint density at radius 3 is 2.48 bits per heavy atom. The molecule has 0 spiro atoms. The SMILES string of the molecule is Cc1ccc(S(=O)Nc2cc(Cl)cnc2C(=O)c2ccccc2Cl)cc1Cl. The first-order valence-electron chi connectivity index (χ1n) is 7.76. The maximum absolute atomic E-state index is 12.9. The highest BCUT2D eigenvalue weighted by atomic mass is 35.5. The molecule has 1 heterocycles. The van der Waals surface area contributed by atoms with Crippen LogP contribution in [0.5, 0.6) is 0 Å². The average molecular weight is 440 g/mol. The van der Waals surface area contributed by atoms with E-state index in [-0.39, 0.29) is 11.4 Å². The normalized spacial score (nSPS) is 11.9. The van der Waals surface area contributed by atoms with Crippen molar-refractivity contribution in [1.82, 2.24) is 4.98 Å². The lowest BCUT2D eigenvalue weighted by Crippen LogP contribution is -2.12. The van der Waals surface area contributed by atoms with Crippen LogP contribution in [0.1, 0.15) is 21.6 Å². The third kappa shape index (κ3) is 4.50. The van der Waals surface area contributed by atoms with Crippen molar-refractivity contribution in [3.05, 3.63) is 86.6 Å². The van der Waals surface area contributed by atoms with E-state index < -0.39 is 16.8 Å². The molecule has 0 amide bonds. The zero-order valence-corrected chi connectivity index (χ0v) is 17.1. The molecule has 138 valence electrons. The Balaban J connectivity index is 1.97. The summed E-state index contributed by atoms with van der Waals surface area (Å²) >= 11 is 18.2. The van der Waals surface area contributed by atoms with Crippen LogP contribution < -0.4 is 4.72 Å². The van der Waals surface area contributed by atoms with Gasteiger partial charge in [0.1, 0.15) is 16.7 Å². The number of hydrogen-bond donors (Lipinski definition) is 1. The topological polar surface area (TPSA) is 59.1 Å². The lowest BCUT2D eigenvalue weighted by molar-refractivity contribution is 0.103. The Morgan fingerprint density at radius 2 is 1.78 bits per heavy atom. The molecule has 8 heteroatoms. The van der Waals surface area contributed by atoms with E-state index in [0.717, 1.165) is 5.56 Å². The molecular weight excluding hydrogens is 427 g/mol. The summed E-state index contributed by atoms with van der Waals surface area (Å²) in [5.74, 6) is -0.404. The molecule has 4 nitrogen and oxygen atoms in total. The zero-order valence-electron chi connectivity index (χ0n) is 14.0. The summed E-state index contributed by atoms with van der Waals surface area (Å²) in [5.41, 5.74) is 1.47. The molecule has 0 bridgehead atoms. The van der Waals surface area contributed by atoms with E-state index in [1.54, 1.807) is 42.5 Å². The molecule has 0 aliphatic rings. The Hall–Kier alpha value is -1.92. The van der Waals surface area contributed by atoms with Crippen LogP contribution in [0.3, 0.4) is 0 Å². The fraction of sp³-hybridized carbons (Fsp3) is 0.0526. The minimum absolute atomic E-state index is 0.0686. The molecule has 3 rings (SSSR count). The van der Waals surface area contributed by atoms with Gasteiger partial charge in [0.25, 0.3) is 0 Å². The van der Waals surface area contributed by atoms with E-state index in [1.807, 2.05) is 6.92 Å². The van der Waals surface area contributed by atoms with Crippen LogP contribution in [-0.4, -0.2) is 15.0 Å². The van der Waals surface area contributed by atoms with Gasteiger partial charge in [-0.15, -0.1) is 0 Å². The first kappa shape index (κ1) is 19.8. The molecule has 1 unspecified atom stereocenters. The molecule has 0 aliphatic carbocycles. The summed E-state index contributed by atoms with van der Waals surface area (Å²) in [6.45, 7) is 1.85.